The van der Waals surface area contributed by atoms with Crippen LogP contribution in [0.3, 0.4) is 0 Å². The molecule has 0 amide bonds. The maximum absolute atomic E-state index is 10.6. The molecule has 1 N–H and O–H groups in total. The van der Waals surface area contributed by atoms with Gasteiger partial charge in [-0.25, -0.2) is 4.68 Å². The highest BCUT2D eigenvalue weighted by atomic mass is 16.4. The van der Waals surface area contributed by atoms with E-state index in [9.17, 15) is 4.79 Å². The van der Waals surface area contributed by atoms with E-state index >= 15 is 0 Å². The summed E-state index contributed by atoms with van der Waals surface area (Å²) in [7, 11) is 0. The zero-order chi connectivity index (χ0) is 12.8. The molecule has 0 bridgehead atoms. The van der Waals surface area contributed by atoms with E-state index in [1.54, 1.807) is 4.68 Å². The van der Waals surface area contributed by atoms with Gasteiger partial charge < -0.3 is 5.11 Å². The summed E-state index contributed by atoms with van der Waals surface area (Å²) in [6.45, 7) is 0.692. The van der Waals surface area contributed by atoms with Gasteiger partial charge in [0.05, 0.1) is 18.3 Å². The van der Waals surface area contributed by atoms with Gasteiger partial charge in [0.15, 0.2) is 0 Å². The van der Waals surface area contributed by atoms with Crippen LogP contribution in [0.2, 0.25) is 0 Å². The van der Waals surface area contributed by atoms with Crippen molar-refractivity contribution in [2.45, 2.75) is 25.8 Å². The maximum Gasteiger partial charge on any atom is 0.309 e. The fraction of sp³-hybridized carbons (Fsp3) is 0.308. The molecule has 0 saturated heterocycles. The summed E-state index contributed by atoms with van der Waals surface area (Å²) in [5, 5.41) is 16.4. The second-order valence-electron chi connectivity index (χ2n) is 4.11. The molecule has 0 atom stereocenters. The molecule has 2 aromatic rings. The molecule has 0 aliphatic carbocycles. The molecule has 1 heterocycles. The smallest absolute Gasteiger partial charge is 0.309 e. The van der Waals surface area contributed by atoms with Crippen molar-refractivity contribution in [3.05, 3.63) is 47.8 Å². The number of hydrogen-bond acceptors (Lipinski definition) is 3. The molecule has 0 radical (unpaired) electrons. The average Bonchev–Trinajstić information content (AvgIpc) is 2.77. The topological polar surface area (TPSA) is 68.0 Å². The van der Waals surface area contributed by atoms with Gasteiger partial charge >= 0.3 is 5.97 Å². The van der Waals surface area contributed by atoms with Gasteiger partial charge in [0.25, 0.3) is 0 Å². The SMILES string of the molecule is O=C(O)Cc1cnnn1CCCc1ccccc1. The fourth-order valence-corrected chi connectivity index (χ4v) is 1.84. The minimum absolute atomic E-state index is 0.0294. The van der Waals surface area contributed by atoms with E-state index in [1.807, 2.05) is 18.2 Å². The van der Waals surface area contributed by atoms with Crippen LogP contribution >= 0.6 is 0 Å². The van der Waals surface area contributed by atoms with Crippen LogP contribution < -0.4 is 0 Å². The lowest BCUT2D eigenvalue weighted by Crippen LogP contribution is -2.10. The Hall–Kier alpha value is -2.17. The molecule has 0 saturated carbocycles. The Morgan fingerprint density at radius 1 is 1.28 bits per heavy atom. The number of benzene rings is 1. The minimum Gasteiger partial charge on any atom is -0.481 e. The Labute approximate surface area is 105 Å². The summed E-state index contributed by atoms with van der Waals surface area (Å²) in [5.74, 6) is -0.860. The highest BCUT2D eigenvalue weighted by Gasteiger charge is 2.07. The molecular formula is C13H15N3O2. The number of nitrogens with zero attached hydrogens (tertiary/aromatic N) is 3. The van der Waals surface area contributed by atoms with E-state index in [4.69, 9.17) is 5.11 Å². The summed E-state index contributed by atoms with van der Waals surface area (Å²) in [6.07, 6.45) is 3.35. The van der Waals surface area contributed by atoms with E-state index in [0.29, 0.717) is 12.2 Å². The molecule has 1 aromatic heterocycles. The first-order valence-electron chi connectivity index (χ1n) is 5.89. The molecule has 0 aliphatic rings. The lowest BCUT2D eigenvalue weighted by molar-refractivity contribution is -0.136. The normalized spacial score (nSPS) is 10.4. The molecule has 0 unspecified atom stereocenters. The Kier molecular flexibility index (Phi) is 4.06. The van der Waals surface area contributed by atoms with Gasteiger partial charge in [-0.3, -0.25) is 4.79 Å². The van der Waals surface area contributed by atoms with Crippen molar-refractivity contribution in [1.29, 1.82) is 0 Å². The molecule has 5 nitrogen and oxygen atoms in total. The summed E-state index contributed by atoms with van der Waals surface area (Å²) in [4.78, 5) is 10.6. The molecule has 18 heavy (non-hydrogen) atoms. The zero-order valence-electron chi connectivity index (χ0n) is 9.99. The largest absolute Gasteiger partial charge is 0.481 e. The number of rotatable bonds is 6. The van der Waals surface area contributed by atoms with Crippen molar-refractivity contribution in [3.63, 3.8) is 0 Å². The molecule has 1 aromatic carbocycles. The predicted octanol–water partition coefficient (Wildman–Crippen LogP) is 1.54. The van der Waals surface area contributed by atoms with Crippen LogP contribution in [0.4, 0.5) is 0 Å². The van der Waals surface area contributed by atoms with Crippen molar-refractivity contribution in [2.75, 3.05) is 0 Å². The van der Waals surface area contributed by atoms with E-state index in [-0.39, 0.29) is 6.42 Å². The quantitative estimate of drug-likeness (QED) is 0.838. The van der Waals surface area contributed by atoms with Gasteiger partial charge in [0.1, 0.15) is 0 Å². The number of aryl methyl sites for hydroxylation is 2. The van der Waals surface area contributed by atoms with Crippen LogP contribution in [0.5, 0.6) is 0 Å². The second-order valence-corrected chi connectivity index (χ2v) is 4.11. The van der Waals surface area contributed by atoms with Gasteiger partial charge in [0.2, 0.25) is 0 Å². The van der Waals surface area contributed by atoms with Crippen molar-refractivity contribution in [1.82, 2.24) is 15.0 Å². The fourth-order valence-electron chi connectivity index (χ4n) is 1.84. The first kappa shape index (κ1) is 12.3. The van der Waals surface area contributed by atoms with Crippen LogP contribution in [-0.4, -0.2) is 26.1 Å². The van der Waals surface area contributed by atoms with Crippen molar-refractivity contribution in [3.8, 4) is 0 Å². The van der Waals surface area contributed by atoms with Gasteiger partial charge in [0, 0.05) is 6.54 Å². The zero-order valence-corrected chi connectivity index (χ0v) is 9.99. The van der Waals surface area contributed by atoms with E-state index in [2.05, 4.69) is 22.4 Å². The van der Waals surface area contributed by atoms with Gasteiger partial charge in [-0.15, -0.1) is 5.10 Å². The van der Waals surface area contributed by atoms with Crippen molar-refractivity contribution in [2.24, 2.45) is 0 Å². The van der Waals surface area contributed by atoms with Gasteiger partial charge in [-0.2, -0.15) is 0 Å². The number of carbonyl (C=O) groups is 1. The Bertz CT molecular complexity index is 508. The summed E-state index contributed by atoms with van der Waals surface area (Å²) in [6, 6.07) is 10.2. The average molecular weight is 245 g/mol. The van der Waals surface area contributed by atoms with Gasteiger partial charge in [-0.05, 0) is 18.4 Å². The third-order valence-corrected chi connectivity index (χ3v) is 2.71. The third-order valence-electron chi connectivity index (χ3n) is 2.71. The van der Waals surface area contributed by atoms with E-state index in [0.717, 1.165) is 12.8 Å². The maximum atomic E-state index is 10.6. The monoisotopic (exact) mass is 245 g/mol. The predicted molar refractivity (Wildman–Crippen MR) is 66.1 cm³/mol. The Morgan fingerprint density at radius 3 is 2.78 bits per heavy atom. The molecule has 94 valence electrons. The van der Waals surface area contributed by atoms with Crippen LogP contribution in [-0.2, 0) is 24.2 Å². The number of aliphatic carboxylic acids is 1. The van der Waals surface area contributed by atoms with Crippen LogP contribution in [0.25, 0.3) is 0 Å². The van der Waals surface area contributed by atoms with Gasteiger partial charge in [-0.1, -0.05) is 35.5 Å². The van der Waals surface area contributed by atoms with Crippen LogP contribution in [0, 0.1) is 0 Å². The first-order chi connectivity index (χ1) is 8.75. The molecule has 5 heteroatoms. The van der Waals surface area contributed by atoms with E-state index < -0.39 is 5.97 Å². The highest BCUT2D eigenvalue weighted by Crippen LogP contribution is 2.05. The van der Waals surface area contributed by atoms with Crippen LogP contribution in [0.15, 0.2) is 36.5 Å². The standard InChI is InChI=1S/C13H15N3O2/c17-13(18)9-12-10-14-15-16(12)8-4-7-11-5-2-1-3-6-11/h1-3,5-6,10H,4,7-9H2,(H,17,18). The summed E-state index contributed by atoms with van der Waals surface area (Å²) in [5.41, 5.74) is 1.92. The molecule has 2 rings (SSSR count). The number of carboxylic acid groups (broad SMARTS) is 1. The minimum atomic E-state index is -0.860. The van der Waals surface area contributed by atoms with Crippen LogP contribution in [0.1, 0.15) is 17.7 Å². The first-order valence-corrected chi connectivity index (χ1v) is 5.89. The second kappa shape index (κ2) is 5.95. The highest BCUT2D eigenvalue weighted by molar-refractivity contribution is 5.69. The lowest BCUT2D eigenvalue weighted by atomic mass is 10.1. The summed E-state index contributed by atoms with van der Waals surface area (Å²) < 4.78 is 1.66. The van der Waals surface area contributed by atoms with Crippen molar-refractivity contribution >= 4 is 5.97 Å². The molecule has 0 spiro atoms. The summed E-state index contributed by atoms with van der Waals surface area (Å²) >= 11 is 0. The van der Waals surface area contributed by atoms with E-state index in [1.165, 1.54) is 11.8 Å². The Morgan fingerprint density at radius 2 is 2.06 bits per heavy atom. The third kappa shape index (κ3) is 3.41. The number of carboxylic acids is 1. The Balaban J connectivity index is 1.87. The number of aromatic nitrogens is 3. The molecular weight excluding hydrogens is 230 g/mol. The lowest BCUT2D eigenvalue weighted by Gasteiger charge is -2.04. The number of hydrogen-bond donors (Lipinski definition) is 1. The van der Waals surface area contributed by atoms with Crippen molar-refractivity contribution < 1.29 is 9.90 Å². The molecule has 0 aliphatic heterocycles. The molecule has 0 fully saturated rings.